The minimum absolute atomic E-state index is 0.595. The number of nitrogens with two attached hydrogens (primary N) is 1. The molecule has 1 unspecified atom stereocenters. The van der Waals surface area contributed by atoms with Gasteiger partial charge in [-0.05, 0) is 6.92 Å². The SMILES string of the molecule is CC1(N)CCOc2c[nH]cc2O1. The molecule has 4 heteroatoms. The van der Waals surface area contributed by atoms with E-state index in [1.807, 2.05) is 6.92 Å². The van der Waals surface area contributed by atoms with Gasteiger partial charge in [0.1, 0.15) is 0 Å². The van der Waals surface area contributed by atoms with Gasteiger partial charge in [0, 0.05) is 18.8 Å². The van der Waals surface area contributed by atoms with E-state index in [1.54, 1.807) is 12.4 Å². The van der Waals surface area contributed by atoms with Crippen LogP contribution in [0.1, 0.15) is 13.3 Å². The molecule has 1 aliphatic heterocycles. The van der Waals surface area contributed by atoms with Crippen LogP contribution in [0.25, 0.3) is 0 Å². The van der Waals surface area contributed by atoms with Gasteiger partial charge in [-0.1, -0.05) is 0 Å². The lowest BCUT2D eigenvalue weighted by molar-refractivity contribution is 0.0877. The number of H-pyrrole nitrogens is 1. The second kappa shape index (κ2) is 2.42. The van der Waals surface area contributed by atoms with Crippen molar-refractivity contribution >= 4 is 0 Å². The summed E-state index contributed by atoms with van der Waals surface area (Å²) in [4.78, 5) is 2.90. The lowest BCUT2D eigenvalue weighted by Crippen LogP contribution is -2.42. The summed E-state index contributed by atoms with van der Waals surface area (Å²) in [6.07, 6.45) is 4.20. The van der Waals surface area contributed by atoms with Gasteiger partial charge in [-0.3, -0.25) is 5.73 Å². The zero-order valence-electron chi connectivity index (χ0n) is 6.96. The minimum Gasteiger partial charge on any atom is -0.488 e. The Morgan fingerprint density at radius 3 is 3.08 bits per heavy atom. The average molecular weight is 168 g/mol. The molecule has 1 aromatic rings. The zero-order chi connectivity index (χ0) is 8.60. The number of ether oxygens (including phenoxy) is 2. The van der Waals surface area contributed by atoms with Crippen LogP contribution in [0.3, 0.4) is 0 Å². The standard InChI is InChI=1S/C8H12N2O2/c1-8(9)2-3-11-6-4-10-5-7(6)12-8/h4-5,10H,2-3,9H2,1H3. The molecule has 2 rings (SSSR count). The maximum Gasteiger partial charge on any atom is 0.181 e. The summed E-state index contributed by atoms with van der Waals surface area (Å²) in [5.41, 5.74) is 5.22. The smallest absolute Gasteiger partial charge is 0.181 e. The van der Waals surface area contributed by atoms with Crippen molar-refractivity contribution in [3.63, 3.8) is 0 Å². The quantitative estimate of drug-likeness (QED) is 0.603. The molecule has 12 heavy (non-hydrogen) atoms. The monoisotopic (exact) mass is 168 g/mol. The van der Waals surface area contributed by atoms with E-state index in [-0.39, 0.29) is 0 Å². The largest absolute Gasteiger partial charge is 0.488 e. The van der Waals surface area contributed by atoms with Crippen LogP contribution in [0, 0.1) is 0 Å². The van der Waals surface area contributed by atoms with Crippen LogP contribution in [0.5, 0.6) is 11.5 Å². The Kier molecular flexibility index (Phi) is 1.51. The summed E-state index contributed by atoms with van der Waals surface area (Å²) in [5.74, 6) is 1.43. The Hall–Kier alpha value is -1.16. The first kappa shape index (κ1) is 7.49. The number of aromatic nitrogens is 1. The fourth-order valence-corrected chi connectivity index (χ4v) is 1.19. The van der Waals surface area contributed by atoms with Gasteiger partial charge >= 0.3 is 0 Å². The van der Waals surface area contributed by atoms with E-state index in [0.717, 1.165) is 5.75 Å². The van der Waals surface area contributed by atoms with Crippen LogP contribution >= 0.6 is 0 Å². The van der Waals surface area contributed by atoms with Gasteiger partial charge in [0.25, 0.3) is 0 Å². The van der Waals surface area contributed by atoms with Crippen molar-refractivity contribution in [1.82, 2.24) is 4.98 Å². The van der Waals surface area contributed by atoms with Gasteiger partial charge in [-0.15, -0.1) is 0 Å². The molecule has 0 aromatic carbocycles. The highest BCUT2D eigenvalue weighted by atomic mass is 16.6. The molecule has 66 valence electrons. The van der Waals surface area contributed by atoms with Crippen LogP contribution in [-0.2, 0) is 0 Å². The molecule has 0 saturated heterocycles. The van der Waals surface area contributed by atoms with E-state index in [0.29, 0.717) is 18.8 Å². The summed E-state index contributed by atoms with van der Waals surface area (Å²) >= 11 is 0. The third-order valence-electron chi connectivity index (χ3n) is 1.87. The summed E-state index contributed by atoms with van der Waals surface area (Å²) in [5, 5.41) is 0. The molecule has 0 amide bonds. The topological polar surface area (TPSA) is 60.3 Å². The van der Waals surface area contributed by atoms with Gasteiger partial charge in [0.05, 0.1) is 6.61 Å². The van der Waals surface area contributed by atoms with Crippen LogP contribution in [0.4, 0.5) is 0 Å². The van der Waals surface area contributed by atoms with Crippen LogP contribution < -0.4 is 15.2 Å². The molecular formula is C8H12N2O2. The molecule has 0 aliphatic carbocycles. The van der Waals surface area contributed by atoms with Gasteiger partial charge in [-0.25, -0.2) is 0 Å². The maximum atomic E-state index is 5.84. The normalized spacial score (nSPS) is 28.2. The lowest BCUT2D eigenvalue weighted by Gasteiger charge is -2.22. The van der Waals surface area contributed by atoms with Gasteiger partial charge < -0.3 is 14.5 Å². The summed E-state index contributed by atoms with van der Waals surface area (Å²) in [6, 6.07) is 0. The van der Waals surface area contributed by atoms with Gasteiger partial charge in [0.15, 0.2) is 17.2 Å². The van der Waals surface area contributed by atoms with E-state index in [2.05, 4.69) is 4.98 Å². The minimum atomic E-state index is -0.618. The van der Waals surface area contributed by atoms with Crippen LogP contribution in [-0.4, -0.2) is 17.3 Å². The molecule has 1 atom stereocenters. The number of nitrogens with one attached hydrogen (secondary N) is 1. The molecule has 0 radical (unpaired) electrons. The van der Waals surface area contributed by atoms with Crippen molar-refractivity contribution in [3.8, 4) is 11.5 Å². The first-order chi connectivity index (χ1) is 5.67. The molecule has 0 saturated carbocycles. The van der Waals surface area contributed by atoms with Crippen molar-refractivity contribution in [2.75, 3.05) is 6.61 Å². The predicted octanol–water partition coefficient (Wildman–Crippen LogP) is 0.851. The fraction of sp³-hybridized carbons (Fsp3) is 0.500. The Labute approximate surface area is 70.7 Å². The van der Waals surface area contributed by atoms with Crippen LogP contribution in [0.15, 0.2) is 12.4 Å². The molecule has 1 aromatic heterocycles. The number of hydrogen-bond acceptors (Lipinski definition) is 3. The van der Waals surface area contributed by atoms with E-state index in [1.165, 1.54) is 0 Å². The molecule has 0 spiro atoms. The summed E-state index contributed by atoms with van der Waals surface area (Å²) in [7, 11) is 0. The number of rotatable bonds is 0. The van der Waals surface area contributed by atoms with E-state index < -0.39 is 5.72 Å². The molecular weight excluding hydrogens is 156 g/mol. The zero-order valence-corrected chi connectivity index (χ0v) is 6.96. The average Bonchev–Trinajstić information content (AvgIpc) is 2.31. The first-order valence-electron chi connectivity index (χ1n) is 3.95. The van der Waals surface area contributed by atoms with E-state index in [9.17, 15) is 0 Å². The van der Waals surface area contributed by atoms with Crippen molar-refractivity contribution < 1.29 is 9.47 Å². The van der Waals surface area contributed by atoms with Crippen molar-refractivity contribution in [2.45, 2.75) is 19.1 Å². The van der Waals surface area contributed by atoms with Gasteiger partial charge in [-0.2, -0.15) is 0 Å². The third kappa shape index (κ3) is 1.25. The highest BCUT2D eigenvalue weighted by Gasteiger charge is 2.26. The third-order valence-corrected chi connectivity index (χ3v) is 1.87. The van der Waals surface area contributed by atoms with E-state index in [4.69, 9.17) is 15.2 Å². The fourth-order valence-electron chi connectivity index (χ4n) is 1.19. The second-order valence-electron chi connectivity index (χ2n) is 3.20. The Balaban J connectivity index is 2.30. The predicted molar refractivity (Wildman–Crippen MR) is 44.1 cm³/mol. The molecule has 3 N–H and O–H groups in total. The van der Waals surface area contributed by atoms with Crippen molar-refractivity contribution in [1.29, 1.82) is 0 Å². The molecule has 2 heterocycles. The highest BCUT2D eigenvalue weighted by molar-refractivity contribution is 5.37. The van der Waals surface area contributed by atoms with E-state index >= 15 is 0 Å². The summed E-state index contributed by atoms with van der Waals surface area (Å²) < 4.78 is 10.9. The Morgan fingerprint density at radius 1 is 1.50 bits per heavy atom. The Morgan fingerprint density at radius 2 is 2.25 bits per heavy atom. The first-order valence-corrected chi connectivity index (χ1v) is 3.95. The maximum absolute atomic E-state index is 5.84. The molecule has 1 aliphatic rings. The van der Waals surface area contributed by atoms with Crippen molar-refractivity contribution in [3.05, 3.63) is 12.4 Å². The number of fused-ring (bicyclic) bond motifs is 1. The second-order valence-corrected chi connectivity index (χ2v) is 3.20. The number of hydrogen-bond donors (Lipinski definition) is 2. The molecule has 0 bridgehead atoms. The summed E-state index contributed by atoms with van der Waals surface area (Å²) in [6.45, 7) is 2.44. The molecule has 0 fully saturated rings. The highest BCUT2D eigenvalue weighted by Crippen LogP contribution is 2.32. The number of aromatic amines is 1. The molecule has 4 nitrogen and oxygen atoms in total. The van der Waals surface area contributed by atoms with Crippen LogP contribution in [0.2, 0.25) is 0 Å². The lowest BCUT2D eigenvalue weighted by atomic mass is 10.2. The van der Waals surface area contributed by atoms with Gasteiger partial charge in [0.2, 0.25) is 0 Å². The Bertz CT molecular complexity index is 280. The van der Waals surface area contributed by atoms with Crippen molar-refractivity contribution in [2.24, 2.45) is 5.73 Å².